The summed E-state index contributed by atoms with van der Waals surface area (Å²) in [6.45, 7) is -1.11. The van der Waals surface area contributed by atoms with Crippen LogP contribution in [0.2, 0.25) is 0 Å². The Morgan fingerprint density at radius 1 is 1.00 bits per heavy atom. The summed E-state index contributed by atoms with van der Waals surface area (Å²) in [4.78, 5) is 38.0. The maximum atomic E-state index is 13.1. The Bertz CT molecular complexity index is 924. The number of anilines is 1. The molecule has 4 rings (SSSR count). The number of hydrogen-bond acceptors (Lipinski definition) is 3. The van der Waals surface area contributed by atoms with E-state index in [4.69, 9.17) is 0 Å². The van der Waals surface area contributed by atoms with Gasteiger partial charge in [-0.25, -0.2) is 0 Å². The Morgan fingerprint density at radius 2 is 1.57 bits per heavy atom. The molecule has 2 fully saturated rings. The fraction of sp³-hybridized carbons (Fsp3) is 0.421. The number of carbonyl (C=O) groups is 3. The number of likely N-dealkylation sites (tertiary alicyclic amines) is 1. The van der Waals surface area contributed by atoms with Gasteiger partial charge in [0, 0.05) is 5.69 Å². The van der Waals surface area contributed by atoms with Crippen LogP contribution in [0.5, 0.6) is 0 Å². The lowest BCUT2D eigenvalue weighted by atomic mass is 9.85. The minimum atomic E-state index is -5.42. The predicted molar refractivity (Wildman–Crippen MR) is 89.4 cm³/mol. The van der Waals surface area contributed by atoms with Gasteiger partial charge in [0.25, 0.3) is 0 Å². The van der Waals surface area contributed by atoms with Gasteiger partial charge in [0.1, 0.15) is 6.67 Å². The fourth-order valence-corrected chi connectivity index (χ4v) is 4.51. The number of rotatable bonds is 3. The van der Waals surface area contributed by atoms with E-state index in [2.05, 4.69) is 0 Å². The fourth-order valence-electron chi connectivity index (χ4n) is 4.51. The van der Waals surface area contributed by atoms with Gasteiger partial charge in [0.05, 0.1) is 17.4 Å². The molecule has 1 saturated carbocycles. The summed E-state index contributed by atoms with van der Waals surface area (Å²) in [7, 11) is 0. The predicted octanol–water partition coefficient (Wildman–Crippen LogP) is 3.37. The van der Waals surface area contributed by atoms with E-state index >= 15 is 0 Å². The summed E-state index contributed by atoms with van der Waals surface area (Å²) < 4.78 is 78.4. The van der Waals surface area contributed by atoms with E-state index in [1.165, 1.54) is 0 Å². The smallest absolute Gasteiger partial charge is 0.286 e. The number of nitrogens with zero attached hydrogens (tertiary/aromatic N) is 2. The van der Waals surface area contributed by atoms with Gasteiger partial charge in [-0.05, 0) is 36.5 Å². The van der Waals surface area contributed by atoms with E-state index in [1.807, 2.05) is 0 Å². The molecule has 3 amide bonds. The van der Waals surface area contributed by atoms with Gasteiger partial charge >= 0.3 is 18.3 Å². The number of imide groups is 1. The molecule has 2 aliphatic carbocycles. The van der Waals surface area contributed by atoms with Crippen molar-refractivity contribution in [2.24, 2.45) is 23.7 Å². The number of alkyl halides is 6. The van der Waals surface area contributed by atoms with Gasteiger partial charge in [-0.2, -0.15) is 26.3 Å². The summed E-state index contributed by atoms with van der Waals surface area (Å²) >= 11 is 0. The molecule has 0 aromatic heterocycles. The van der Waals surface area contributed by atoms with E-state index < -0.39 is 59.8 Å². The van der Waals surface area contributed by atoms with Crippen molar-refractivity contribution in [2.75, 3.05) is 11.6 Å². The summed E-state index contributed by atoms with van der Waals surface area (Å²) in [5.41, 5.74) is -1.98. The van der Waals surface area contributed by atoms with Crippen LogP contribution in [0.4, 0.5) is 32.0 Å². The molecule has 1 saturated heterocycles. The van der Waals surface area contributed by atoms with Gasteiger partial charge in [-0.3, -0.25) is 24.2 Å². The maximum Gasteiger partial charge on any atom is 0.471 e. The quantitative estimate of drug-likeness (QED) is 0.418. The first kappa shape index (κ1) is 20.4. The molecule has 3 aliphatic rings. The Labute approximate surface area is 165 Å². The van der Waals surface area contributed by atoms with Crippen LogP contribution in [0.3, 0.4) is 0 Å². The highest BCUT2D eigenvalue weighted by Gasteiger charge is 2.60. The number of hydrogen-bond donors (Lipinski definition) is 0. The van der Waals surface area contributed by atoms with Crippen LogP contribution >= 0.6 is 0 Å². The number of allylic oxidation sites excluding steroid dienone is 2. The van der Waals surface area contributed by atoms with E-state index in [-0.39, 0.29) is 16.7 Å². The molecule has 160 valence electrons. The zero-order valence-electron chi connectivity index (χ0n) is 15.1. The van der Waals surface area contributed by atoms with Crippen LogP contribution in [0.25, 0.3) is 0 Å². The van der Waals surface area contributed by atoms with Gasteiger partial charge in [0.15, 0.2) is 0 Å². The Balaban J connectivity index is 1.68. The third-order valence-corrected chi connectivity index (χ3v) is 5.82. The monoisotopic (exact) mass is 432 g/mol. The highest BCUT2D eigenvalue weighted by atomic mass is 19.4. The molecular weight excluding hydrogens is 418 g/mol. The van der Waals surface area contributed by atoms with Crippen molar-refractivity contribution in [2.45, 2.75) is 18.8 Å². The van der Waals surface area contributed by atoms with E-state index in [1.54, 1.807) is 12.2 Å². The topological polar surface area (TPSA) is 57.7 Å². The number of halogens is 6. The second-order valence-corrected chi connectivity index (χ2v) is 7.52. The average Bonchev–Trinajstić information content (AvgIpc) is 3.33. The lowest BCUT2D eigenvalue weighted by Gasteiger charge is -2.29. The van der Waals surface area contributed by atoms with Crippen LogP contribution in [0.1, 0.15) is 12.0 Å². The van der Waals surface area contributed by atoms with Crippen molar-refractivity contribution < 1.29 is 40.7 Å². The number of carbonyl (C=O) groups excluding carboxylic acids is 3. The van der Waals surface area contributed by atoms with E-state index in [0.717, 1.165) is 12.1 Å². The van der Waals surface area contributed by atoms with Crippen LogP contribution in [-0.2, 0) is 20.6 Å². The van der Waals surface area contributed by atoms with E-state index in [0.29, 0.717) is 23.5 Å². The Kier molecular flexibility index (Phi) is 4.48. The summed E-state index contributed by atoms with van der Waals surface area (Å²) in [6.07, 6.45) is -6.11. The molecule has 0 N–H and O–H groups in total. The zero-order valence-corrected chi connectivity index (χ0v) is 15.1. The summed E-state index contributed by atoms with van der Waals surface area (Å²) in [5, 5.41) is 0. The van der Waals surface area contributed by atoms with Crippen LogP contribution in [0.15, 0.2) is 36.4 Å². The first-order valence-corrected chi connectivity index (χ1v) is 8.99. The molecule has 0 spiro atoms. The second-order valence-electron chi connectivity index (χ2n) is 7.52. The molecule has 30 heavy (non-hydrogen) atoms. The molecule has 1 heterocycles. The molecule has 5 nitrogen and oxygen atoms in total. The average molecular weight is 432 g/mol. The maximum absolute atomic E-state index is 13.1. The molecule has 0 unspecified atom stereocenters. The van der Waals surface area contributed by atoms with Crippen LogP contribution in [0, 0.1) is 23.7 Å². The molecule has 1 aliphatic heterocycles. The molecule has 0 radical (unpaired) electrons. The highest BCUT2D eigenvalue weighted by Crippen LogP contribution is 2.52. The first-order valence-electron chi connectivity index (χ1n) is 8.99. The first-order chi connectivity index (χ1) is 13.9. The number of fused-ring (bicyclic) bond motifs is 5. The Hall–Kier alpha value is -2.85. The number of benzene rings is 1. The lowest BCUT2D eigenvalue weighted by molar-refractivity contribution is -0.171. The zero-order chi connectivity index (χ0) is 22.0. The van der Waals surface area contributed by atoms with Crippen molar-refractivity contribution in [3.63, 3.8) is 0 Å². The van der Waals surface area contributed by atoms with E-state index in [9.17, 15) is 40.7 Å². The Morgan fingerprint density at radius 3 is 2.07 bits per heavy atom. The minimum absolute atomic E-state index is 0.0125. The van der Waals surface area contributed by atoms with Crippen molar-refractivity contribution in [1.29, 1.82) is 0 Å². The molecule has 1 aromatic carbocycles. The summed E-state index contributed by atoms with van der Waals surface area (Å²) in [6, 6.07) is 2.75. The SMILES string of the molecule is O=C1[C@@H]2[C@@H](C(=O)N1CN(C(=O)C(F)(F)F)c1cccc(C(F)(F)F)c1)[C@H]1C=C[C@H]2C1. The van der Waals surface area contributed by atoms with Crippen molar-refractivity contribution in [3.8, 4) is 0 Å². The molecule has 2 bridgehead atoms. The molecule has 1 aromatic rings. The third-order valence-electron chi connectivity index (χ3n) is 5.82. The largest absolute Gasteiger partial charge is 0.471 e. The molecule has 11 heteroatoms. The van der Waals surface area contributed by atoms with Crippen LogP contribution in [-0.4, -0.2) is 35.5 Å². The molecule has 4 atom stereocenters. The van der Waals surface area contributed by atoms with Crippen molar-refractivity contribution >= 4 is 23.4 Å². The van der Waals surface area contributed by atoms with Gasteiger partial charge < -0.3 is 0 Å². The minimum Gasteiger partial charge on any atom is -0.286 e. The lowest BCUT2D eigenvalue weighted by Crippen LogP contribution is -2.49. The highest BCUT2D eigenvalue weighted by molar-refractivity contribution is 6.07. The number of amides is 3. The molecular formula is C19H14F6N2O3. The van der Waals surface area contributed by atoms with Crippen molar-refractivity contribution in [3.05, 3.63) is 42.0 Å². The third kappa shape index (κ3) is 3.16. The summed E-state index contributed by atoms with van der Waals surface area (Å²) in [5.74, 6) is -5.74. The van der Waals surface area contributed by atoms with Gasteiger partial charge in [-0.15, -0.1) is 0 Å². The van der Waals surface area contributed by atoms with Gasteiger partial charge in [-0.1, -0.05) is 18.2 Å². The standard InChI is InChI=1S/C19H14F6N2O3/c20-18(21,22)11-2-1-3-12(7-11)26(17(30)19(23,24)25)8-27-15(28)13-9-4-5-10(6-9)14(13)16(27)29/h1-5,7,9-10,13-14H,6,8H2/t9-,10-,13-,14-/m0/s1. The second kappa shape index (κ2) is 6.58. The van der Waals surface area contributed by atoms with Gasteiger partial charge in [0.2, 0.25) is 11.8 Å². The van der Waals surface area contributed by atoms with Crippen LogP contribution < -0.4 is 4.90 Å². The normalized spacial score (nSPS) is 27.7. The van der Waals surface area contributed by atoms with Crippen molar-refractivity contribution in [1.82, 2.24) is 4.90 Å².